The van der Waals surface area contributed by atoms with Crippen LogP contribution in [0.15, 0.2) is 250 Å². The van der Waals surface area contributed by atoms with E-state index in [4.69, 9.17) is 14.4 Å². The smallest absolute Gasteiger partial charge is 0.161 e. The lowest BCUT2D eigenvalue weighted by atomic mass is 9.99. The van der Waals surface area contributed by atoms with Crippen LogP contribution in [0.3, 0.4) is 0 Å². The summed E-state index contributed by atoms with van der Waals surface area (Å²) in [7, 11) is 0. The highest BCUT2D eigenvalue weighted by molar-refractivity contribution is 6.22. The minimum atomic E-state index is 0.456. The SMILES string of the molecule is C=N/C(=N\C(=N/Cc1ccccc1)c1ccccc1-c1ccccc1)c1cccc2oc3cc(N(c4ccccc4)c4ccc(-c5ccc(-c6ccccc6)cc5)cc4)ccc3c12. The van der Waals surface area contributed by atoms with Crippen molar-refractivity contribution in [1.29, 1.82) is 0 Å². The second kappa shape index (κ2) is 17.7. The van der Waals surface area contributed by atoms with E-state index < -0.39 is 0 Å². The number of rotatable bonds is 10. The Morgan fingerprint density at radius 1 is 0.429 bits per heavy atom. The van der Waals surface area contributed by atoms with E-state index in [0.29, 0.717) is 18.2 Å². The molecule has 5 nitrogen and oxygen atoms in total. The van der Waals surface area contributed by atoms with Gasteiger partial charge in [0.15, 0.2) is 11.7 Å². The van der Waals surface area contributed by atoms with Crippen LogP contribution in [0.25, 0.3) is 55.3 Å². The zero-order valence-corrected chi connectivity index (χ0v) is 34.6. The molecule has 10 aromatic rings. The van der Waals surface area contributed by atoms with E-state index in [0.717, 1.165) is 72.4 Å². The molecule has 0 amide bonds. The molecule has 1 heterocycles. The molecule has 0 spiro atoms. The molecule has 0 saturated heterocycles. The molecule has 0 aliphatic heterocycles. The highest BCUT2D eigenvalue weighted by Crippen LogP contribution is 2.40. The van der Waals surface area contributed by atoms with Crippen LogP contribution in [0.4, 0.5) is 17.1 Å². The van der Waals surface area contributed by atoms with Crippen LogP contribution < -0.4 is 4.90 Å². The lowest BCUT2D eigenvalue weighted by Crippen LogP contribution is -2.09. The van der Waals surface area contributed by atoms with Crippen molar-refractivity contribution in [2.24, 2.45) is 15.0 Å². The topological polar surface area (TPSA) is 53.5 Å². The second-order valence-corrected chi connectivity index (χ2v) is 15.3. The van der Waals surface area contributed by atoms with Gasteiger partial charge >= 0.3 is 0 Å². The van der Waals surface area contributed by atoms with Gasteiger partial charge in [0.1, 0.15) is 11.2 Å². The molecule has 0 bridgehead atoms. The van der Waals surface area contributed by atoms with Crippen molar-refractivity contribution >= 4 is 57.4 Å². The molecule has 9 aromatic carbocycles. The van der Waals surface area contributed by atoms with Gasteiger partial charge in [-0.05, 0) is 88.1 Å². The molecular formula is C58H42N4O. The van der Waals surface area contributed by atoms with Gasteiger partial charge in [-0.15, -0.1) is 0 Å². The molecule has 63 heavy (non-hydrogen) atoms. The molecular weight excluding hydrogens is 769 g/mol. The van der Waals surface area contributed by atoms with E-state index >= 15 is 0 Å². The minimum Gasteiger partial charge on any atom is -0.456 e. The number of anilines is 3. The number of aliphatic imine (C=N–C) groups is 3. The quantitative estimate of drug-likeness (QED) is 0.102. The molecule has 0 fully saturated rings. The summed E-state index contributed by atoms with van der Waals surface area (Å²) in [5, 5.41) is 1.87. The number of hydrogen-bond donors (Lipinski definition) is 0. The van der Waals surface area contributed by atoms with Gasteiger partial charge in [0.05, 0.1) is 6.54 Å². The Balaban J connectivity index is 1.03. The summed E-state index contributed by atoms with van der Waals surface area (Å²) in [6.07, 6.45) is 0. The summed E-state index contributed by atoms with van der Waals surface area (Å²) in [4.78, 5) is 17.2. The van der Waals surface area contributed by atoms with Gasteiger partial charge < -0.3 is 9.32 Å². The summed E-state index contributed by atoms with van der Waals surface area (Å²) in [6.45, 7) is 4.48. The molecule has 0 aliphatic rings. The molecule has 10 rings (SSSR count). The van der Waals surface area contributed by atoms with Gasteiger partial charge in [-0.25, -0.2) is 9.98 Å². The van der Waals surface area contributed by atoms with Crippen LogP contribution >= 0.6 is 0 Å². The molecule has 0 unspecified atom stereocenters. The number of furan rings is 1. The Kier molecular flexibility index (Phi) is 10.9. The molecule has 1 aromatic heterocycles. The summed E-state index contributed by atoms with van der Waals surface area (Å²) < 4.78 is 6.67. The first-order chi connectivity index (χ1) is 31.2. The monoisotopic (exact) mass is 810 g/mol. The largest absolute Gasteiger partial charge is 0.456 e. The highest BCUT2D eigenvalue weighted by Gasteiger charge is 2.20. The van der Waals surface area contributed by atoms with Crippen LogP contribution in [0.2, 0.25) is 0 Å². The number of para-hydroxylation sites is 1. The fraction of sp³-hybridized carbons (Fsp3) is 0.0172. The van der Waals surface area contributed by atoms with E-state index in [1.165, 1.54) is 16.7 Å². The van der Waals surface area contributed by atoms with Gasteiger partial charge in [0, 0.05) is 45.0 Å². The fourth-order valence-electron chi connectivity index (χ4n) is 8.21. The number of fused-ring (bicyclic) bond motifs is 3. The van der Waals surface area contributed by atoms with E-state index in [9.17, 15) is 0 Å². The van der Waals surface area contributed by atoms with Crippen LogP contribution in [-0.2, 0) is 6.54 Å². The van der Waals surface area contributed by atoms with Gasteiger partial charge in [0.2, 0.25) is 0 Å². The zero-order valence-electron chi connectivity index (χ0n) is 34.6. The van der Waals surface area contributed by atoms with Crippen molar-refractivity contribution in [2.75, 3.05) is 4.90 Å². The maximum Gasteiger partial charge on any atom is 0.161 e. The normalized spacial score (nSPS) is 11.8. The van der Waals surface area contributed by atoms with E-state index in [1.807, 2.05) is 78.9 Å². The zero-order chi connectivity index (χ0) is 42.4. The number of hydrogen-bond acceptors (Lipinski definition) is 3. The van der Waals surface area contributed by atoms with Crippen molar-refractivity contribution in [3.8, 4) is 33.4 Å². The van der Waals surface area contributed by atoms with Crippen molar-refractivity contribution in [1.82, 2.24) is 0 Å². The first-order valence-electron chi connectivity index (χ1n) is 21.1. The Bertz CT molecular complexity index is 3230. The van der Waals surface area contributed by atoms with Crippen LogP contribution in [0, 0.1) is 0 Å². The third kappa shape index (κ3) is 8.11. The minimum absolute atomic E-state index is 0.456. The molecule has 5 heteroatoms. The molecule has 0 aliphatic carbocycles. The molecule has 0 saturated carbocycles. The van der Waals surface area contributed by atoms with E-state index in [2.05, 4.69) is 168 Å². The Morgan fingerprint density at radius 2 is 0.952 bits per heavy atom. The third-order valence-corrected chi connectivity index (χ3v) is 11.3. The second-order valence-electron chi connectivity index (χ2n) is 15.3. The average molecular weight is 811 g/mol. The maximum atomic E-state index is 6.67. The summed E-state index contributed by atoms with van der Waals surface area (Å²) in [5.41, 5.74) is 14.2. The predicted molar refractivity (Wildman–Crippen MR) is 264 cm³/mol. The number of nitrogens with zero attached hydrogens (tertiary/aromatic N) is 4. The van der Waals surface area contributed by atoms with Crippen molar-refractivity contribution in [3.05, 3.63) is 247 Å². The van der Waals surface area contributed by atoms with Gasteiger partial charge in [-0.2, -0.15) is 0 Å². The van der Waals surface area contributed by atoms with Crippen molar-refractivity contribution in [3.63, 3.8) is 0 Å². The summed E-state index contributed by atoms with van der Waals surface area (Å²) >= 11 is 0. The summed E-state index contributed by atoms with van der Waals surface area (Å²) in [5.74, 6) is 1.03. The molecule has 300 valence electrons. The number of amidine groups is 2. The molecule has 0 N–H and O–H groups in total. The van der Waals surface area contributed by atoms with Gasteiger partial charge in [0.25, 0.3) is 0 Å². The van der Waals surface area contributed by atoms with E-state index in [-0.39, 0.29) is 0 Å². The van der Waals surface area contributed by atoms with Crippen molar-refractivity contribution < 1.29 is 4.42 Å². The van der Waals surface area contributed by atoms with Crippen LogP contribution in [0.5, 0.6) is 0 Å². The third-order valence-electron chi connectivity index (χ3n) is 11.3. The van der Waals surface area contributed by atoms with E-state index in [1.54, 1.807) is 0 Å². The Morgan fingerprint density at radius 3 is 1.62 bits per heavy atom. The first kappa shape index (κ1) is 38.8. The Labute approximate surface area is 367 Å². The van der Waals surface area contributed by atoms with Crippen LogP contribution in [0.1, 0.15) is 16.7 Å². The lowest BCUT2D eigenvalue weighted by Gasteiger charge is -2.25. The standard InChI is InChI=1S/C58H42N4O/c1-59-57(61-58(60-40-41-17-6-2-7-18-41)51-26-15-14-25-50(51)46-21-10-4-11-22-46)53-27-16-28-54-56(53)52-38-37-49(39-55(52)63-54)62(47-23-12-5-13-24-47)48-35-33-45(34-36-48)44-31-29-43(30-32-44)42-19-8-3-9-20-42/h2-39H,1,40H2/b60-58-,61-57-. The Hall–Kier alpha value is -8.41. The molecule has 0 radical (unpaired) electrons. The summed E-state index contributed by atoms with van der Waals surface area (Å²) in [6, 6.07) is 79.6. The average Bonchev–Trinajstić information content (AvgIpc) is 3.74. The fourth-order valence-corrected chi connectivity index (χ4v) is 8.21. The van der Waals surface area contributed by atoms with Gasteiger partial charge in [-0.3, -0.25) is 4.99 Å². The highest BCUT2D eigenvalue weighted by atomic mass is 16.3. The predicted octanol–water partition coefficient (Wildman–Crippen LogP) is 15.2. The van der Waals surface area contributed by atoms with Gasteiger partial charge in [-0.1, -0.05) is 182 Å². The molecule has 0 atom stereocenters. The van der Waals surface area contributed by atoms with Crippen molar-refractivity contribution in [2.45, 2.75) is 6.54 Å². The lowest BCUT2D eigenvalue weighted by molar-refractivity contribution is 0.669. The first-order valence-corrected chi connectivity index (χ1v) is 21.1. The van der Waals surface area contributed by atoms with Crippen LogP contribution in [-0.4, -0.2) is 18.4 Å². The number of benzene rings is 9. The maximum absolute atomic E-state index is 6.67.